The van der Waals surface area contributed by atoms with Gasteiger partial charge in [-0.1, -0.05) is 0 Å². The zero-order valence-corrected chi connectivity index (χ0v) is 18.4. The van der Waals surface area contributed by atoms with Gasteiger partial charge in [-0.2, -0.15) is 10.2 Å². The minimum absolute atomic E-state index is 0.0135. The average Bonchev–Trinajstić information content (AvgIpc) is 3.17. The van der Waals surface area contributed by atoms with Crippen molar-refractivity contribution < 1.29 is 9.53 Å². The highest BCUT2D eigenvalue weighted by Gasteiger charge is 2.30. The lowest BCUT2D eigenvalue weighted by atomic mass is 10.1. The van der Waals surface area contributed by atoms with Crippen LogP contribution in [-0.2, 0) is 0 Å². The number of anilines is 3. The van der Waals surface area contributed by atoms with Crippen molar-refractivity contribution >= 4 is 45.0 Å². The first-order valence-electron chi connectivity index (χ1n) is 9.83. The number of nitriles is 1. The number of benzene rings is 1. The number of fused-ring (bicyclic) bond motifs is 1. The Morgan fingerprint density at radius 3 is 2.87 bits per heavy atom. The predicted octanol–water partition coefficient (Wildman–Crippen LogP) is 3.20. The van der Waals surface area contributed by atoms with Gasteiger partial charge in [0.2, 0.25) is 5.95 Å². The van der Waals surface area contributed by atoms with E-state index in [-0.39, 0.29) is 18.0 Å². The van der Waals surface area contributed by atoms with Crippen molar-refractivity contribution in [2.45, 2.75) is 19.9 Å². The van der Waals surface area contributed by atoms with Crippen LogP contribution in [0.3, 0.4) is 0 Å². The Hall–Kier alpha value is -3.58. The van der Waals surface area contributed by atoms with Gasteiger partial charge >= 0.3 is 6.03 Å². The molecule has 31 heavy (non-hydrogen) atoms. The molecule has 3 heterocycles. The van der Waals surface area contributed by atoms with Gasteiger partial charge in [0, 0.05) is 36.7 Å². The number of thiophene rings is 1. The van der Waals surface area contributed by atoms with Gasteiger partial charge in [0.15, 0.2) is 0 Å². The molecule has 0 aliphatic carbocycles. The molecule has 1 aromatic carbocycles. The van der Waals surface area contributed by atoms with E-state index in [1.807, 2.05) is 32.0 Å². The van der Waals surface area contributed by atoms with Crippen molar-refractivity contribution in [3.05, 3.63) is 34.7 Å². The predicted molar refractivity (Wildman–Crippen MR) is 122 cm³/mol. The molecule has 0 radical (unpaired) electrons. The number of aryl methyl sites for hydroxylation is 1. The molecule has 0 bridgehead atoms. The van der Waals surface area contributed by atoms with E-state index < -0.39 is 0 Å². The fourth-order valence-corrected chi connectivity index (χ4v) is 4.65. The molecular formula is C21H23N7O2S. The van der Waals surface area contributed by atoms with Crippen molar-refractivity contribution in [3.63, 3.8) is 0 Å². The molecule has 1 aliphatic heterocycles. The van der Waals surface area contributed by atoms with Gasteiger partial charge in [0.25, 0.3) is 0 Å². The highest BCUT2D eigenvalue weighted by Crippen LogP contribution is 2.34. The molecule has 1 unspecified atom stereocenters. The van der Waals surface area contributed by atoms with Crippen molar-refractivity contribution in [1.82, 2.24) is 14.9 Å². The number of hydrogen-bond acceptors (Lipinski definition) is 8. The monoisotopic (exact) mass is 437 g/mol. The fourth-order valence-electron chi connectivity index (χ4n) is 3.78. The second-order valence-electron chi connectivity index (χ2n) is 7.45. The lowest BCUT2D eigenvalue weighted by Gasteiger charge is -2.40. The molecule has 3 N–H and O–H groups in total. The number of ether oxygens (including phenoxy) is 1. The molecule has 3 aromatic rings. The van der Waals surface area contributed by atoms with Crippen molar-refractivity contribution in [2.24, 2.45) is 0 Å². The number of nitrogen functional groups attached to an aromatic ring is 1. The summed E-state index contributed by atoms with van der Waals surface area (Å²) < 4.78 is 5.22. The van der Waals surface area contributed by atoms with Crippen LogP contribution in [-0.4, -0.2) is 53.7 Å². The van der Waals surface area contributed by atoms with E-state index in [1.54, 1.807) is 17.4 Å². The third kappa shape index (κ3) is 3.92. The Bertz CT molecular complexity index is 1190. The number of nitrogens with two attached hydrogens (primary N) is 1. The van der Waals surface area contributed by atoms with Crippen molar-refractivity contribution in [2.75, 3.05) is 42.7 Å². The number of aromatic nitrogens is 2. The molecule has 0 saturated carbocycles. The quantitative estimate of drug-likeness (QED) is 0.645. The summed E-state index contributed by atoms with van der Waals surface area (Å²) in [5, 5.41) is 15.0. The summed E-state index contributed by atoms with van der Waals surface area (Å²) in [5.41, 5.74) is 8.14. The standard InChI is InChI=1S/C21H23N7O2S/c1-12-8-15(30-3)4-5-16(12)24-21(29)27-6-7-28(13(2)10-27)18-17-14(9-22)11-31-19(17)26-20(23)25-18/h4-5,8,11,13H,6-7,10H2,1-3H3,(H,24,29)(H2,23,25,26). The molecule has 160 valence electrons. The van der Waals surface area contributed by atoms with Crippen LogP contribution in [0.15, 0.2) is 23.6 Å². The van der Waals surface area contributed by atoms with Crippen LogP contribution in [0.25, 0.3) is 10.2 Å². The minimum atomic E-state index is -0.152. The number of carbonyl (C=O) groups excluding carboxylic acids is 1. The molecule has 2 amide bonds. The Morgan fingerprint density at radius 1 is 1.39 bits per heavy atom. The van der Waals surface area contributed by atoms with E-state index in [9.17, 15) is 10.1 Å². The van der Waals surface area contributed by atoms with Gasteiger partial charge in [-0.15, -0.1) is 11.3 Å². The maximum Gasteiger partial charge on any atom is 0.321 e. The first kappa shape index (κ1) is 20.7. The molecule has 1 atom stereocenters. The number of carbonyl (C=O) groups is 1. The zero-order valence-electron chi connectivity index (χ0n) is 17.5. The van der Waals surface area contributed by atoms with Crippen LogP contribution < -0.4 is 20.7 Å². The van der Waals surface area contributed by atoms with Crippen LogP contribution in [0.1, 0.15) is 18.1 Å². The van der Waals surface area contributed by atoms with Gasteiger partial charge in [0.05, 0.1) is 18.1 Å². The van der Waals surface area contributed by atoms with Crippen molar-refractivity contribution in [1.29, 1.82) is 5.26 Å². The molecule has 4 rings (SSSR count). The first-order valence-corrected chi connectivity index (χ1v) is 10.7. The van der Waals surface area contributed by atoms with Gasteiger partial charge in [-0.3, -0.25) is 0 Å². The number of nitrogens with zero attached hydrogens (tertiary/aromatic N) is 5. The fraction of sp³-hybridized carbons (Fsp3) is 0.333. The third-order valence-corrected chi connectivity index (χ3v) is 6.29. The van der Waals surface area contributed by atoms with Crippen molar-refractivity contribution in [3.8, 4) is 11.8 Å². The summed E-state index contributed by atoms with van der Waals surface area (Å²) in [6.45, 7) is 5.56. The Labute approximate surface area is 184 Å². The summed E-state index contributed by atoms with van der Waals surface area (Å²) in [6, 6.07) is 7.59. The maximum atomic E-state index is 12.9. The second-order valence-corrected chi connectivity index (χ2v) is 8.30. The normalized spacial score (nSPS) is 16.3. The van der Waals surface area contributed by atoms with Crippen LogP contribution in [0.2, 0.25) is 0 Å². The minimum Gasteiger partial charge on any atom is -0.497 e. The van der Waals surface area contributed by atoms with Crippen LogP contribution in [0.5, 0.6) is 5.75 Å². The molecule has 1 saturated heterocycles. The summed E-state index contributed by atoms with van der Waals surface area (Å²) in [7, 11) is 1.61. The Balaban J connectivity index is 1.52. The molecule has 2 aromatic heterocycles. The molecule has 1 fully saturated rings. The summed E-state index contributed by atoms with van der Waals surface area (Å²) in [6.07, 6.45) is 0. The van der Waals surface area contributed by atoms with Crippen LogP contribution in [0, 0.1) is 18.3 Å². The largest absolute Gasteiger partial charge is 0.497 e. The van der Waals surface area contributed by atoms with Crippen LogP contribution in [0.4, 0.5) is 22.2 Å². The van der Waals surface area contributed by atoms with Gasteiger partial charge in [0.1, 0.15) is 22.5 Å². The van der Waals surface area contributed by atoms with E-state index in [0.29, 0.717) is 35.8 Å². The zero-order chi connectivity index (χ0) is 22.1. The first-order chi connectivity index (χ1) is 14.9. The molecule has 10 heteroatoms. The lowest BCUT2D eigenvalue weighted by Crippen LogP contribution is -2.55. The van der Waals surface area contributed by atoms with Gasteiger partial charge < -0.3 is 25.6 Å². The number of urea groups is 1. The molecule has 9 nitrogen and oxygen atoms in total. The number of nitrogens with one attached hydrogen (secondary N) is 1. The maximum absolute atomic E-state index is 12.9. The summed E-state index contributed by atoms with van der Waals surface area (Å²) in [4.78, 5) is 26.1. The Kier molecular flexibility index (Phi) is 5.52. The third-order valence-electron chi connectivity index (χ3n) is 5.41. The summed E-state index contributed by atoms with van der Waals surface area (Å²) >= 11 is 1.38. The van der Waals surface area contributed by atoms with Gasteiger partial charge in [-0.25, -0.2) is 9.78 Å². The highest BCUT2D eigenvalue weighted by atomic mass is 32.1. The number of piperazine rings is 1. The molecular weight excluding hydrogens is 414 g/mol. The SMILES string of the molecule is COc1ccc(NC(=O)N2CCN(c3nc(N)nc4scc(C#N)c34)C(C)C2)c(C)c1. The van der Waals surface area contributed by atoms with Crippen LogP contribution >= 0.6 is 11.3 Å². The highest BCUT2D eigenvalue weighted by molar-refractivity contribution is 7.17. The number of methoxy groups -OCH3 is 1. The van der Waals surface area contributed by atoms with Gasteiger partial charge in [-0.05, 0) is 37.6 Å². The van der Waals surface area contributed by atoms with E-state index in [4.69, 9.17) is 10.5 Å². The molecule has 1 aliphatic rings. The van der Waals surface area contributed by atoms with E-state index in [0.717, 1.165) is 22.4 Å². The van der Waals surface area contributed by atoms with E-state index >= 15 is 0 Å². The number of rotatable bonds is 3. The summed E-state index contributed by atoms with van der Waals surface area (Å²) in [5.74, 6) is 1.58. The van der Waals surface area contributed by atoms with E-state index in [2.05, 4.69) is 26.3 Å². The molecule has 0 spiro atoms. The Morgan fingerprint density at radius 2 is 2.19 bits per heavy atom. The topological polar surface area (TPSA) is 120 Å². The second kappa shape index (κ2) is 8.28. The lowest BCUT2D eigenvalue weighted by molar-refractivity contribution is 0.200. The average molecular weight is 438 g/mol. The smallest absolute Gasteiger partial charge is 0.321 e. The number of hydrogen-bond donors (Lipinski definition) is 2. The van der Waals surface area contributed by atoms with E-state index in [1.165, 1.54) is 11.3 Å². The number of amides is 2.